The predicted molar refractivity (Wildman–Crippen MR) is 141 cm³/mol. The number of aromatic nitrogens is 2. The van der Waals surface area contributed by atoms with Crippen LogP contribution in [0.1, 0.15) is 29.2 Å². The summed E-state index contributed by atoms with van der Waals surface area (Å²) in [7, 11) is 1.66. The molecule has 0 fully saturated rings. The number of halogens is 1. The monoisotopic (exact) mass is 502 g/mol. The lowest BCUT2D eigenvalue weighted by Gasteiger charge is -2.24. The van der Waals surface area contributed by atoms with Gasteiger partial charge in [0, 0.05) is 30.4 Å². The van der Waals surface area contributed by atoms with E-state index in [-0.39, 0.29) is 5.56 Å². The van der Waals surface area contributed by atoms with Gasteiger partial charge in [-0.3, -0.25) is 4.79 Å². The van der Waals surface area contributed by atoms with E-state index in [0.717, 1.165) is 34.6 Å². The Kier molecular flexibility index (Phi) is 6.70. The fraction of sp³-hybridized carbons (Fsp3) is 0.241. The zero-order valence-corrected chi connectivity index (χ0v) is 21.3. The Bertz CT molecular complexity index is 1480. The summed E-state index contributed by atoms with van der Waals surface area (Å²) in [5.74, 6) is 2.63. The average Bonchev–Trinajstić information content (AvgIpc) is 2.89. The standard InChI is InChI=1S/C29H27ClN2O4/c1-4-23-27(15-25-24-8-7-22(34-3)14-20(24)11-12-32(25)29(23)33)35-17-19-5-9-26(18(2)13-19)36-28-10-6-21(30)16-31-28/h5-10,13-16H,4,11-12,17H2,1-3H3. The van der Waals surface area contributed by atoms with Gasteiger partial charge in [-0.05, 0) is 72.9 Å². The van der Waals surface area contributed by atoms with Gasteiger partial charge in [0.05, 0.1) is 23.4 Å². The summed E-state index contributed by atoms with van der Waals surface area (Å²) in [6.07, 6.45) is 2.95. The number of fused-ring (bicyclic) bond motifs is 3. The van der Waals surface area contributed by atoms with Crippen LogP contribution in [0.15, 0.2) is 65.6 Å². The Balaban J connectivity index is 1.40. The van der Waals surface area contributed by atoms with E-state index < -0.39 is 0 Å². The largest absolute Gasteiger partial charge is 0.497 e. The highest BCUT2D eigenvalue weighted by Crippen LogP contribution is 2.34. The summed E-state index contributed by atoms with van der Waals surface area (Å²) < 4.78 is 19.4. The van der Waals surface area contributed by atoms with E-state index in [1.807, 2.05) is 60.9 Å². The van der Waals surface area contributed by atoms with Crippen LogP contribution in [0.5, 0.6) is 23.1 Å². The second kappa shape index (κ2) is 10.1. The molecular weight excluding hydrogens is 476 g/mol. The molecule has 0 saturated heterocycles. The third kappa shape index (κ3) is 4.69. The van der Waals surface area contributed by atoms with Gasteiger partial charge >= 0.3 is 0 Å². The second-order valence-electron chi connectivity index (χ2n) is 8.76. The van der Waals surface area contributed by atoms with Crippen molar-refractivity contribution < 1.29 is 14.2 Å². The fourth-order valence-corrected chi connectivity index (χ4v) is 4.68. The average molecular weight is 503 g/mol. The van der Waals surface area contributed by atoms with Gasteiger partial charge in [0.15, 0.2) is 0 Å². The van der Waals surface area contributed by atoms with Crippen molar-refractivity contribution in [2.45, 2.75) is 39.8 Å². The molecule has 0 aliphatic carbocycles. The Labute approximate surface area is 215 Å². The highest BCUT2D eigenvalue weighted by atomic mass is 35.5. The minimum atomic E-state index is 0.0156. The molecule has 0 N–H and O–H groups in total. The van der Waals surface area contributed by atoms with Crippen LogP contribution in [0.2, 0.25) is 5.02 Å². The van der Waals surface area contributed by atoms with Crippen LogP contribution in [0.25, 0.3) is 11.3 Å². The lowest BCUT2D eigenvalue weighted by atomic mass is 9.96. The van der Waals surface area contributed by atoms with E-state index in [9.17, 15) is 4.79 Å². The zero-order valence-electron chi connectivity index (χ0n) is 20.5. The lowest BCUT2D eigenvalue weighted by Crippen LogP contribution is -2.29. The fourth-order valence-electron chi connectivity index (χ4n) is 4.56. The Hall–Kier alpha value is -3.77. The molecule has 5 rings (SSSR count). The van der Waals surface area contributed by atoms with E-state index in [0.29, 0.717) is 47.5 Å². The maximum atomic E-state index is 13.3. The summed E-state index contributed by atoms with van der Waals surface area (Å²) in [6, 6.07) is 17.3. The van der Waals surface area contributed by atoms with E-state index >= 15 is 0 Å². The van der Waals surface area contributed by atoms with Gasteiger partial charge in [0.25, 0.3) is 5.56 Å². The number of methoxy groups -OCH3 is 1. The second-order valence-corrected chi connectivity index (χ2v) is 9.20. The molecule has 184 valence electrons. The van der Waals surface area contributed by atoms with Crippen molar-refractivity contribution in [2.75, 3.05) is 7.11 Å². The van der Waals surface area contributed by atoms with Crippen molar-refractivity contribution in [3.8, 4) is 34.4 Å². The molecule has 4 aromatic rings. The lowest BCUT2D eigenvalue weighted by molar-refractivity contribution is 0.301. The molecule has 0 atom stereocenters. The molecule has 0 bridgehead atoms. The van der Waals surface area contributed by atoms with Crippen molar-refractivity contribution in [2.24, 2.45) is 0 Å². The zero-order chi connectivity index (χ0) is 25.2. The minimum Gasteiger partial charge on any atom is -0.497 e. The first kappa shape index (κ1) is 23.9. The molecule has 0 saturated carbocycles. The number of benzene rings is 2. The summed E-state index contributed by atoms with van der Waals surface area (Å²) in [4.78, 5) is 17.5. The highest BCUT2D eigenvalue weighted by molar-refractivity contribution is 6.30. The first-order chi connectivity index (χ1) is 17.5. The highest BCUT2D eigenvalue weighted by Gasteiger charge is 2.22. The molecular formula is C29H27ClN2O4. The molecule has 1 aliphatic heterocycles. The van der Waals surface area contributed by atoms with E-state index in [1.54, 1.807) is 25.4 Å². The molecule has 2 aromatic heterocycles. The molecule has 6 nitrogen and oxygen atoms in total. The molecule has 0 amide bonds. The number of hydrogen-bond acceptors (Lipinski definition) is 5. The van der Waals surface area contributed by atoms with Gasteiger partial charge in [-0.2, -0.15) is 0 Å². The van der Waals surface area contributed by atoms with Crippen LogP contribution in [0.3, 0.4) is 0 Å². The molecule has 3 heterocycles. The summed E-state index contributed by atoms with van der Waals surface area (Å²) in [5, 5.41) is 0.558. The number of hydrogen-bond donors (Lipinski definition) is 0. The number of pyridine rings is 2. The number of nitrogens with zero attached hydrogens (tertiary/aromatic N) is 2. The molecule has 0 unspecified atom stereocenters. The Morgan fingerprint density at radius 1 is 1.06 bits per heavy atom. The topological polar surface area (TPSA) is 62.6 Å². The van der Waals surface area contributed by atoms with Gasteiger partial charge in [-0.15, -0.1) is 0 Å². The normalized spacial score (nSPS) is 12.0. The van der Waals surface area contributed by atoms with E-state index in [4.69, 9.17) is 25.8 Å². The van der Waals surface area contributed by atoms with Crippen LogP contribution in [0.4, 0.5) is 0 Å². The van der Waals surface area contributed by atoms with Gasteiger partial charge in [0.1, 0.15) is 23.9 Å². The molecule has 7 heteroatoms. The van der Waals surface area contributed by atoms with Gasteiger partial charge in [0.2, 0.25) is 5.88 Å². The maximum Gasteiger partial charge on any atom is 0.257 e. The maximum absolute atomic E-state index is 13.3. The smallest absolute Gasteiger partial charge is 0.257 e. The third-order valence-corrected chi connectivity index (χ3v) is 6.68. The molecule has 1 aliphatic rings. The number of aryl methyl sites for hydroxylation is 2. The molecule has 2 aromatic carbocycles. The molecule has 36 heavy (non-hydrogen) atoms. The number of ether oxygens (including phenoxy) is 3. The SMILES string of the molecule is CCc1c(OCc2ccc(Oc3ccc(Cl)cn3)c(C)c2)cc2n(c1=O)CCc1cc(OC)ccc1-2. The van der Waals surface area contributed by atoms with Crippen molar-refractivity contribution in [1.82, 2.24) is 9.55 Å². The molecule has 0 radical (unpaired) electrons. The van der Waals surface area contributed by atoms with Gasteiger partial charge in [-0.1, -0.05) is 24.6 Å². The predicted octanol–water partition coefficient (Wildman–Crippen LogP) is 6.37. The van der Waals surface area contributed by atoms with E-state index in [2.05, 4.69) is 4.98 Å². The van der Waals surface area contributed by atoms with Crippen molar-refractivity contribution in [3.05, 3.63) is 98.4 Å². The van der Waals surface area contributed by atoms with Crippen molar-refractivity contribution in [1.29, 1.82) is 0 Å². The van der Waals surface area contributed by atoms with Crippen LogP contribution < -0.4 is 19.8 Å². The Morgan fingerprint density at radius 2 is 1.92 bits per heavy atom. The van der Waals surface area contributed by atoms with Crippen LogP contribution in [-0.4, -0.2) is 16.7 Å². The molecule has 0 spiro atoms. The van der Waals surface area contributed by atoms with Gasteiger partial charge in [-0.25, -0.2) is 4.98 Å². The summed E-state index contributed by atoms with van der Waals surface area (Å²) in [6.45, 7) is 4.94. The summed E-state index contributed by atoms with van der Waals surface area (Å²) >= 11 is 5.90. The first-order valence-electron chi connectivity index (χ1n) is 11.9. The quantitative estimate of drug-likeness (QED) is 0.294. The van der Waals surface area contributed by atoms with Crippen molar-refractivity contribution >= 4 is 11.6 Å². The third-order valence-electron chi connectivity index (χ3n) is 6.45. The van der Waals surface area contributed by atoms with Crippen LogP contribution >= 0.6 is 11.6 Å². The van der Waals surface area contributed by atoms with Crippen LogP contribution in [-0.2, 0) is 26.0 Å². The van der Waals surface area contributed by atoms with Crippen LogP contribution in [0, 0.1) is 6.92 Å². The number of rotatable bonds is 7. The Morgan fingerprint density at radius 3 is 2.64 bits per heavy atom. The van der Waals surface area contributed by atoms with E-state index in [1.165, 1.54) is 5.56 Å². The van der Waals surface area contributed by atoms with Crippen molar-refractivity contribution in [3.63, 3.8) is 0 Å². The first-order valence-corrected chi connectivity index (χ1v) is 12.3. The minimum absolute atomic E-state index is 0.0156. The summed E-state index contributed by atoms with van der Waals surface area (Å²) in [5.41, 5.74) is 5.74. The van der Waals surface area contributed by atoms with Gasteiger partial charge < -0.3 is 18.8 Å².